The molecule has 4 heteroatoms. The molecule has 2 nitrogen and oxygen atoms in total. The van der Waals surface area contributed by atoms with Crippen LogP contribution in [0.4, 0.5) is 0 Å². The number of para-hydroxylation sites is 3. The highest BCUT2D eigenvalue weighted by Gasteiger charge is 2.23. The molecule has 0 saturated heterocycles. The highest BCUT2D eigenvalue weighted by molar-refractivity contribution is 7.27. The second kappa shape index (κ2) is 10.7. The predicted octanol–water partition coefficient (Wildman–Crippen LogP) is 14.3. The SMILES string of the molecule is c1ccc(-n2c3ccccc3c3ccc(-n4c5ccccc5c5cc(-c6cccc7sc8ccccc8c67)c6c7ccccc7sc6c54)cc32)cc1. The summed E-state index contributed by atoms with van der Waals surface area (Å²) in [5.74, 6) is 0. The molecule has 4 heterocycles. The molecular weight excluding hydrogens is 669 g/mol. The van der Waals surface area contributed by atoms with E-state index in [2.05, 4.69) is 179 Å². The van der Waals surface area contributed by atoms with Gasteiger partial charge in [0.15, 0.2) is 0 Å². The van der Waals surface area contributed by atoms with Gasteiger partial charge in [-0.05, 0) is 71.8 Å². The van der Waals surface area contributed by atoms with E-state index in [-0.39, 0.29) is 0 Å². The van der Waals surface area contributed by atoms with Gasteiger partial charge in [-0.25, -0.2) is 0 Å². The number of hydrogen-bond acceptors (Lipinski definition) is 2. The van der Waals surface area contributed by atoms with E-state index in [0.717, 1.165) is 5.69 Å². The number of fused-ring (bicyclic) bond motifs is 13. The first-order valence-corrected chi connectivity index (χ1v) is 19.3. The molecule has 0 fully saturated rings. The lowest BCUT2D eigenvalue weighted by atomic mass is 9.93. The van der Waals surface area contributed by atoms with Gasteiger partial charge in [-0.3, -0.25) is 0 Å². The molecule has 12 rings (SSSR count). The molecule has 0 amide bonds. The van der Waals surface area contributed by atoms with E-state index in [0.29, 0.717) is 0 Å². The average Bonchev–Trinajstić information content (AvgIpc) is 3.95. The molecule has 0 saturated carbocycles. The van der Waals surface area contributed by atoms with E-state index in [1.807, 2.05) is 22.7 Å². The first kappa shape index (κ1) is 28.5. The van der Waals surface area contributed by atoms with E-state index in [9.17, 15) is 0 Å². The van der Waals surface area contributed by atoms with Crippen LogP contribution < -0.4 is 0 Å². The van der Waals surface area contributed by atoms with Crippen molar-refractivity contribution in [3.8, 4) is 22.5 Å². The zero-order chi connectivity index (χ0) is 33.9. The van der Waals surface area contributed by atoms with E-state index >= 15 is 0 Å². The third kappa shape index (κ3) is 3.83. The Morgan fingerprint density at radius 3 is 1.71 bits per heavy atom. The summed E-state index contributed by atoms with van der Waals surface area (Å²) in [7, 11) is 0. The Hall–Kier alpha value is -6.20. The van der Waals surface area contributed by atoms with Crippen molar-refractivity contribution in [3.63, 3.8) is 0 Å². The largest absolute Gasteiger partial charge is 0.309 e. The summed E-state index contributed by atoms with van der Waals surface area (Å²) in [4.78, 5) is 0. The molecule has 0 atom stereocenters. The van der Waals surface area contributed by atoms with Gasteiger partial charge in [-0.2, -0.15) is 0 Å². The zero-order valence-corrected chi connectivity index (χ0v) is 29.5. The summed E-state index contributed by atoms with van der Waals surface area (Å²) < 4.78 is 10.2. The van der Waals surface area contributed by atoms with Gasteiger partial charge in [0.2, 0.25) is 0 Å². The number of rotatable bonds is 3. The number of nitrogens with zero attached hydrogens (tertiary/aromatic N) is 2. The van der Waals surface area contributed by atoms with Crippen LogP contribution in [0.25, 0.3) is 106 Å². The van der Waals surface area contributed by atoms with Gasteiger partial charge in [0, 0.05) is 68.6 Å². The van der Waals surface area contributed by atoms with E-state index in [1.165, 1.54) is 101 Å². The summed E-state index contributed by atoms with van der Waals surface area (Å²) in [5.41, 5.74) is 9.84. The molecule has 0 aliphatic rings. The molecule has 242 valence electrons. The summed E-state index contributed by atoms with van der Waals surface area (Å²) >= 11 is 3.81. The molecule has 4 aromatic heterocycles. The van der Waals surface area contributed by atoms with Crippen LogP contribution in [0.15, 0.2) is 170 Å². The van der Waals surface area contributed by atoms with Crippen molar-refractivity contribution >= 4 is 107 Å². The number of hydrogen-bond donors (Lipinski definition) is 0. The number of aromatic nitrogens is 2. The Morgan fingerprint density at radius 1 is 0.327 bits per heavy atom. The van der Waals surface area contributed by atoms with E-state index in [4.69, 9.17) is 0 Å². The van der Waals surface area contributed by atoms with Gasteiger partial charge in [-0.15, -0.1) is 22.7 Å². The van der Waals surface area contributed by atoms with Gasteiger partial charge in [-0.1, -0.05) is 109 Å². The van der Waals surface area contributed by atoms with Crippen molar-refractivity contribution in [2.75, 3.05) is 0 Å². The normalized spacial score (nSPS) is 12.2. The summed E-state index contributed by atoms with van der Waals surface area (Å²) in [6.45, 7) is 0. The lowest BCUT2D eigenvalue weighted by molar-refractivity contribution is 1.16. The molecule has 0 N–H and O–H groups in total. The van der Waals surface area contributed by atoms with Gasteiger partial charge < -0.3 is 9.13 Å². The summed E-state index contributed by atoms with van der Waals surface area (Å²) in [5, 5.41) is 10.4. The topological polar surface area (TPSA) is 9.86 Å². The number of thiophene rings is 2. The third-order valence-corrected chi connectivity index (χ3v) is 13.2. The van der Waals surface area contributed by atoms with E-state index < -0.39 is 0 Å². The fourth-order valence-corrected chi connectivity index (χ4v) is 11.2. The van der Waals surface area contributed by atoms with Crippen molar-refractivity contribution in [1.82, 2.24) is 9.13 Å². The maximum Gasteiger partial charge on any atom is 0.0720 e. The Kier molecular flexibility index (Phi) is 5.84. The van der Waals surface area contributed by atoms with Gasteiger partial charge in [0.1, 0.15) is 0 Å². The minimum atomic E-state index is 1.16. The second-order valence-corrected chi connectivity index (χ2v) is 15.8. The first-order chi connectivity index (χ1) is 25.8. The van der Waals surface area contributed by atoms with Crippen LogP contribution in [-0.4, -0.2) is 9.13 Å². The first-order valence-electron chi connectivity index (χ1n) is 17.7. The minimum Gasteiger partial charge on any atom is -0.309 e. The van der Waals surface area contributed by atoms with Crippen LogP contribution in [0, 0.1) is 0 Å². The van der Waals surface area contributed by atoms with Crippen LogP contribution in [0.3, 0.4) is 0 Å². The van der Waals surface area contributed by atoms with Gasteiger partial charge in [0.05, 0.1) is 26.8 Å². The Balaban J connectivity index is 1.24. The number of benzene rings is 8. The Morgan fingerprint density at radius 2 is 0.923 bits per heavy atom. The second-order valence-electron chi connectivity index (χ2n) is 13.6. The Bertz CT molecular complexity index is 3410. The van der Waals surface area contributed by atoms with E-state index in [1.54, 1.807) is 0 Å². The molecule has 0 bridgehead atoms. The summed E-state index contributed by atoms with van der Waals surface area (Å²) in [6.07, 6.45) is 0. The molecule has 0 aliphatic carbocycles. The van der Waals surface area contributed by atoms with Crippen molar-refractivity contribution in [3.05, 3.63) is 170 Å². The van der Waals surface area contributed by atoms with Gasteiger partial charge in [0.25, 0.3) is 0 Å². The zero-order valence-electron chi connectivity index (χ0n) is 27.9. The average molecular weight is 697 g/mol. The third-order valence-electron chi connectivity index (χ3n) is 10.9. The molecular formula is C48H28N2S2. The van der Waals surface area contributed by atoms with Crippen LogP contribution in [-0.2, 0) is 0 Å². The van der Waals surface area contributed by atoms with Crippen molar-refractivity contribution in [2.24, 2.45) is 0 Å². The molecule has 52 heavy (non-hydrogen) atoms. The maximum atomic E-state index is 2.53. The lowest BCUT2D eigenvalue weighted by Gasteiger charge is -2.13. The monoisotopic (exact) mass is 696 g/mol. The van der Waals surface area contributed by atoms with Crippen molar-refractivity contribution in [1.29, 1.82) is 0 Å². The molecule has 0 unspecified atom stereocenters. The quantitative estimate of drug-likeness (QED) is 0.174. The van der Waals surface area contributed by atoms with Crippen LogP contribution in [0.2, 0.25) is 0 Å². The highest BCUT2D eigenvalue weighted by atomic mass is 32.1. The van der Waals surface area contributed by atoms with Crippen LogP contribution >= 0.6 is 22.7 Å². The summed E-state index contributed by atoms with van der Waals surface area (Å²) in [6, 6.07) is 62.7. The lowest BCUT2D eigenvalue weighted by Crippen LogP contribution is -1.97. The molecule has 12 aromatic rings. The molecule has 0 spiro atoms. The Labute approximate surface area is 306 Å². The fraction of sp³-hybridized carbons (Fsp3) is 0. The molecule has 0 aliphatic heterocycles. The molecule has 0 radical (unpaired) electrons. The van der Waals surface area contributed by atoms with Crippen molar-refractivity contribution in [2.45, 2.75) is 0 Å². The maximum absolute atomic E-state index is 2.53. The fourth-order valence-electron chi connectivity index (χ4n) is 8.76. The molecule has 8 aromatic carbocycles. The highest BCUT2D eigenvalue weighted by Crippen LogP contribution is 2.50. The smallest absolute Gasteiger partial charge is 0.0720 e. The van der Waals surface area contributed by atoms with Crippen LogP contribution in [0.1, 0.15) is 0 Å². The van der Waals surface area contributed by atoms with Crippen LogP contribution in [0.5, 0.6) is 0 Å². The van der Waals surface area contributed by atoms with Gasteiger partial charge >= 0.3 is 0 Å². The standard InChI is InChI=1S/C48H28N2S2/c1-2-13-29(14-3-1)49-39-20-8-4-15-31(39)33-26-25-30(27-41(33)49)50-40-21-9-5-16-32(40)38-28-37(46-36-18-7-11-23-43(36)52-48(46)47(38)50)34-19-12-24-44-45(34)35-17-6-10-22-42(35)51-44/h1-28H. The predicted molar refractivity (Wildman–Crippen MR) is 226 cm³/mol. The van der Waals surface area contributed by atoms with Crippen molar-refractivity contribution < 1.29 is 0 Å². The minimum absolute atomic E-state index is 1.16.